The molecule has 2 N–H and O–H groups in total. The van der Waals surface area contributed by atoms with Crippen LogP contribution in [0.15, 0.2) is 34.5 Å². The Morgan fingerprint density at radius 2 is 2.07 bits per heavy atom. The number of amides is 2. The van der Waals surface area contributed by atoms with E-state index in [2.05, 4.69) is 15.6 Å². The molecule has 1 aromatic carbocycles. The van der Waals surface area contributed by atoms with E-state index in [0.717, 1.165) is 23.4 Å². The van der Waals surface area contributed by atoms with Gasteiger partial charge in [0.1, 0.15) is 0 Å². The van der Waals surface area contributed by atoms with Crippen molar-refractivity contribution in [2.45, 2.75) is 49.7 Å². The largest absolute Gasteiger partial charge is 0.466 e. The van der Waals surface area contributed by atoms with E-state index in [1.165, 1.54) is 23.1 Å². The average Bonchev–Trinajstić information content (AvgIpc) is 3.48. The molecule has 0 bridgehead atoms. The van der Waals surface area contributed by atoms with E-state index in [1.807, 2.05) is 31.2 Å². The fraction of sp³-hybridized carbons (Fsp3) is 0.429. The van der Waals surface area contributed by atoms with Crippen LogP contribution in [0.2, 0.25) is 0 Å². The van der Waals surface area contributed by atoms with Crippen molar-refractivity contribution in [3.8, 4) is 0 Å². The van der Waals surface area contributed by atoms with E-state index < -0.39 is 0 Å². The van der Waals surface area contributed by atoms with Crippen LogP contribution in [0.25, 0.3) is 0 Å². The second kappa shape index (κ2) is 10.6. The first-order valence-corrected chi connectivity index (χ1v) is 11.7. The minimum absolute atomic E-state index is 0.0596. The second-order valence-corrected chi connectivity index (χ2v) is 9.06. The quantitative estimate of drug-likeness (QED) is 0.420. The maximum Gasteiger partial charge on any atom is 0.311 e. The Hall–Kier alpha value is -2.39. The minimum atomic E-state index is -0.337. The molecule has 0 aliphatic heterocycles. The van der Waals surface area contributed by atoms with Crippen LogP contribution in [0.1, 0.15) is 38.8 Å². The normalized spacial score (nSPS) is 14.1. The number of thioether (sulfide) groups is 1. The molecule has 0 radical (unpaired) electrons. The Balaban J connectivity index is 1.56. The zero-order valence-electron chi connectivity index (χ0n) is 17.0. The summed E-state index contributed by atoms with van der Waals surface area (Å²) >= 11 is 2.73. The lowest BCUT2D eigenvalue weighted by molar-refractivity contribution is -0.142. The monoisotopic (exact) mass is 447 g/mol. The van der Waals surface area contributed by atoms with Crippen molar-refractivity contribution in [3.05, 3.63) is 35.3 Å². The molecule has 1 aromatic heterocycles. The van der Waals surface area contributed by atoms with Gasteiger partial charge in [0.25, 0.3) is 0 Å². The van der Waals surface area contributed by atoms with E-state index in [-0.39, 0.29) is 35.4 Å². The molecule has 1 aliphatic carbocycles. The number of hydrogen-bond acceptors (Lipinski definition) is 7. The predicted octanol–water partition coefficient (Wildman–Crippen LogP) is 4.11. The molecule has 7 nitrogen and oxygen atoms in total. The fourth-order valence-corrected chi connectivity index (χ4v) is 4.44. The summed E-state index contributed by atoms with van der Waals surface area (Å²) in [6.45, 7) is 4.03. The maximum atomic E-state index is 12.7. The van der Waals surface area contributed by atoms with Gasteiger partial charge >= 0.3 is 5.97 Å². The number of benzene rings is 1. The van der Waals surface area contributed by atoms with Crippen LogP contribution in [0.3, 0.4) is 0 Å². The number of carbonyl (C=O) groups is 3. The molecule has 1 atom stereocenters. The van der Waals surface area contributed by atoms with Crippen LogP contribution in [0.4, 0.5) is 10.8 Å². The van der Waals surface area contributed by atoms with Crippen molar-refractivity contribution in [3.63, 3.8) is 0 Å². The standard InChI is InChI=1S/C21H25N3O4S2/c1-3-17(20(27)24-21-23-15(12-29-21)11-18(25)28-4-2)30-16-7-5-6-14(10-16)22-19(26)13-8-9-13/h5-7,10,12-13,17H,3-4,8-9,11H2,1-2H3,(H,22,26)(H,23,24,27). The summed E-state index contributed by atoms with van der Waals surface area (Å²) in [5, 5.41) is 7.66. The smallest absolute Gasteiger partial charge is 0.311 e. The Kier molecular flexibility index (Phi) is 7.87. The number of rotatable bonds is 10. The lowest BCUT2D eigenvalue weighted by Gasteiger charge is -2.14. The molecule has 0 spiro atoms. The summed E-state index contributed by atoms with van der Waals surface area (Å²) < 4.78 is 4.92. The summed E-state index contributed by atoms with van der Waals surface area (Å²) in [6.07, 6.45) is 2.63. The van der Waals surface area contributed by atoms with Crippen LogP contribution in [-0.2, 0) is 25.5 Å². The SMILES string of the molecule is CCOC(=O)Cc1csc(NC(=O)C(CC)Sc2cccc(NC(=O)C3CC3)c2)n1. The molecule has 1 fully saturated rings. The molecule has 1 aliphatic rings. The summed E-state index contributed by atoms with van der Waals surface area (Å²) in [6, 6.07) is 7.54. The van der Waals surface area contributed by atoms with Crippen LogP contribution >= 0.6 is 23.1 Å². The Labute approximate surface area is 184 Å². The Morgan fingerprint density at radius 3 is 2.77 bits per heavy atom. The molecular weight excluding hydrogens is 422 g/mol. The predicted molar refractivity (Wildman–Crippen MR) is 119 cm³/mol. The number of carbonyl (C=O) groups excluding carboxylic acids is 3. The molecule has 160 valence electrons. The molecule has 3 rings (SSSR count). The molecular formula is C21H25N3O4S2. The highest BCUT2D eigenvalue weighted by atomic mass is 32.2. The van der Waals surface area contributed by atoms with Gasteiger partial charge in [0, 0.05) is 21.9 Å². The molecule has 0 saturated heterocycles. The highest BCUT2D eigenvalue weighted by molar-refractivity contribution is 8.00. The minimum Gasteiger partial charge on any atom is -0.466 e. The third kappa shape index (κ3) is 6.56. The van der Waals surface area contributed by atoms with Crippen molar-refractivity contribution in [1.82, 2.24) is 4.98 Å². The van der Waals surface area contributed by atoms with Crippen LogP contribution in [-0.4, -0.2) is 34.6 Å². The third-order valence-corrected chi connectivity index (χ3v) is 6.57. The van der Waals surface area contributed by atoms with Gasteiger partial charge in [-0.05, 0) is 44.4 Å². The Bertz CT molecular complexity index is 911. The van der Waals surface area contributed by atoms with Gasteiger partial charge in [-0.1, -0.05) is 13.0 Å². The van der Waals surface area contributed by atoms with Gasteiger partial charge in [0.05, 0.1) is 24.0 Å². The van der Waals surface area contributed by atoms with Gasteiger partial charge in [-0.25, -0.2) is 4.98 Å². The van der Waals surface area contributed by atoms with E-state index in [4.69, 9.17) is 4.74 Å². The average molecular weight is 448 g/mol. The molecule has 30 heavy (non-hydrogen) atoms. The number of thiazole rings is 1. The number of nitrogens with zero attached hydrogens (tertiary/aromatic N) is 1. The molecule has 9 heteroatoms. The fourth-order valence-electron chi connectivity index (χ4n) is 2.71. The van der Waals surface area contributed by atoms with Gasteiger partial charge in [-0.2, -0.15) is 0 Å². The van der Waals surface area contributed by atoms with E-state index >= 15 is 0 Å². The first kappa shape index (κ1) is 22.3. The van der Waals surface area contributed by atoms with E-state index in [1.54, 1.807) is 12.3 Å². The summed E-state index contributed by atoms with van der Waals surface area (Å²) in [5.41, 5.74) is 1.32. The first-order chi connectivity index (χ1) is 14.5. The summed E-state index contributed by atoms with van der Waals surface area (Å²) in [5.74, 6) is -0.282. The Morgan fingerprint density at radius 1 is 1.27 bits per heavy atom. The van der Waals surface area contributed by atoms with E-state index in [9.17, 15) is 14.4 Å². The third-order valence-electron chi connectivity index (χ3n) is 4.40. The molecule has 1 heterocycles. The van der Waals surface area contributed by atoms with Crippen molar-refractivity contribution >= 4 is 51.7 Å². The van der Waals surface area contributed by atoms with Crippen molar-refractivity contribution in [2.24, 2.45) is 5.92 Å². The zero-order chi connectivity index (χ0) is 21.5. The van der Waals surface area contributed by atoms with E-state index in [0.29, 0.717) is 23.9 Å². The lowest BCUT2D eigenvalue weighted by atomic mass is 10.3. The van der Waals surface area contributed by atoms with Gasteiger partial charge in [0.2, 0.25) is 11.8 Å². The van der Waals surface area contributed by atoms with Crippen molar-refractivity contribution in [2.75, 3.05) is 17.2 Å². The van der Waals surface area contributed by atoms with Crippen LogP contribution in [0, 0.1) is 5.92 Å². The lowest BCUT2D eigenvalue weighted by Crippen LogP contribution is -2.24. The summed E-state index contributed by atoms with van der Waals surface area (Å²) in [4.78, 5) is 41.4. The highest BCUT2D eigenvalue weighted by Crippen LogP contribution is 2.32. The van der Waals surface area contributed by atoms with Gasteiger partial charge in [0.15, 0.2) is 5.13 Å². The second-order valence-electron chi connectivity index (χ2n) is 6.92. The zero-order valence-corrected chi connectivity index (χ0v) is 18.6. The van der Waals surface area contributed by atoms with Gasteiger partial charge < -0.3 is 15.4 Å². The molecule has 2 aromatic rings. The first-order valence-electron chi connectivity index (χ1n) is 9.97. The highest BCUT2D eigenvalue weighted by Gasteiger charge is 2.29. The summed E-state index contributed by atoms with van der Waals surface area (Å²) in [7, 11) is 0. The number of hydrogen-bond donors (Lipinski definition) is 2. The number of ether oxygens (including phenoxy) is 1. The molecule has 2 amide bonds. The molecule has 1 unspecified atom stereocenters. The number of anilines is 2. The van der Waals surface area contributed by atoms with Gasteiger partial charge in [-0.15, -0.1) is 23.1 Å². The number of aromatic nitrogens is 1. The van der Waals surface area contributed by atoms with Crippen molar-refractivity contribution < 1.29 is 19.1 Å². The van der Waals surface area contributed by atoms with Crippen molar-refractivity contribution in [1.29, 1.82) is 0 Å². The van der Waals surface area contributed by atoms with Crippen LogP contribution < -0.4 is 10.6 Å². The van der Waals surface area contributed by atoms with Gasteiger partial charge in [-0.3, -0.25) is 14.4 Å². The number of esters is 1. The topological polar surface area (TPSA) is 97.4 Å². The number of nitrogens with one attached hydrogen (secondary N) is 2. The molecule has 1 saturated carbocycles. The maximum absolute atomic E-state index is 12.7. The van der Waals surface area contributed by atoms with Crippen LogP contribution in [0.5, 0.6) is 0 Å².